The third-order valence-electron chi connectivity index (χ3n) is 4.73. The van der Waals surface area contributed by atoms with Gasteiger partial charge < -0.3 is 20.3 Å². The number of hydrogen-bond acceptors (Lipinski definition) is 8. The number of thiophene rings is 1. The molecular weight excluding hydrogens is 402 g/mol. The maximum atomic E-state index is 10.6. The summed E-state index contributed by atoms with van der Waals surface area (Å²) in [6.07, 6.45) is -0.164. The number of anilines is 1. The van der Waals surface area contributed by atoms with Crippen LogP contribution in [0.1, 0.15) is 17.4 Å². The smallest absolute Gasteiger partial charge is 0.192 e. The molecule has 30 heavy (non-hydrogen) atoms. The van der Waals surface area contributed by atoms with Crippen molar-refractivity contribution in [2.45, 2.75) is 12.6 Å². The molecule has 0 fully saturated rings. The number of aromatic nitrogens is 3. The Bertz CT molecular complexity index is 1160. The number of nitrogens with zero attached hydrogens (tertiary/aromatic N) is 3. The number of pyridine rings is 1. The number of methoxy groups -OCH3 is 2. The lowest BCUT2D eigenvalue weighted by atomic mass is 10.1. The van der Waals surface area contributed by atoms with Crippen LogP contribution < -0.4 is 20.5 Å². The number of para-hydroxylation sites is 1. The first kappa shape index (κ1) is 20.1. The number of aliphatic hydroxyl groups excluding tert-OH is 1. The number of nitrogens with two attached hydrogens (primary N) is 1. The fourth-order valence-corrected chi connectivity index (χ4v) is 3.96. The Morgan fingerprint density at radius 1 is 1.17 bits per heavy atom. The molecule has 0 aliphatic rings. The second kappa shape index (κ2) is 8.70. The molecule has 8 nitrogen and oxygen atoms in total. The summed E-state index contributed by atoms with van der Waals surface area (Å²) < 4.78 is 12.2. The van der Waals surface area contributed by atoms with Crippen molar-refractivity contribution < 1.29 is 14.6 Å². The SMILES string of the molecule is COc1ccc(-c2nc3cc(C(O)NCCc4ccccc4OC)cc(N)n3n2)s1. The lowest BCUT2D eigenvalue weighted by Gasteiger charge is -2.15. The maximum absolute atomic E-state index is 10.6. The van der Waals surface area contributed by atoms with Crippen molar-refractivity contribution in [1.82, 2.24) is 19.9 Å². The molecule has 0 aliphatic carbocycles. The van der Waals surface area contributed by atoms with E-state index in [1.807, 2.05) is 36.4 Å². The van der Waals surface area contributed by atoms with Crippen LogP contribution in [0, 0.1) is 0 Å². The molecule has 3 heterocycles. The van der Waals surface area contributed by atoms with E-state index in [2.05, 4.69) is 15.4 Å². The molecule has 9 heteroatoms. The minimum atomic E-state index is -0.881. The summed E-state index contributed by atoms with van der Waals surface area (Å²) in [5.74, 6) is 1.79. The topological polar surface area (TPSA) is 107 Å². The number of nitrogen functional groups attached to an aromatic ring is 1. The van der Waals surface area contributed by atoms with Crippen molar-refractivity contribution in [3.63, 3.8) is 0 Å². The highest BCUT2D eigenvalue weighted by Crippen LogP contribution is 2.31. The number of rotatable bonds is 8. The van der Waals surface area contributed by atoms with Gasteiger partial charge in [-0.2, -0.15) is 4.52 Å². The van der Waals surface area contributed by atoms with Crippen molar-refractivity contribution in [2.24, 2.45) is 0 Å². The minimum absolute atomic E-state index is 0.398. The summed E-state index contributed by atoms with van der Waals surface area (Å²) in [5, 5.41) is 19.0. The van der Waals surface area contributed by atoms with E-state index in [9.17, 15) is 5.11 Å². The van der Waals surface area contributed by atoms with Crippen LogP contribution in [-0.4, -0.2) is 40.5 Å². The molecule has 1 atom stereocenters. The van der Waals surface area contributed by atoms with Gasteiger partial charge in [0.25, 0.3) is 0 Å². The van der Waals surface area contributed by atoms with E-state index in [0.717, 1.165) is 21.3 Å². The minimum Gasteiger partial charge on any atom is -0.496 e. The highest BCUT2D eigenvalue weighted by atomic mass is 32.1. The van der Waals surface area contributed by atoms with Gasteiger partial charge in [-0.05, 0) is 42.3 Å². The van der Waals surface area contributed by atoms with E-state index in [4.69, 9.17) is 15.2 Å². The molecule has 0 radical (unpaired) electrons. The van der Waals surface area contributed by atoms with E-state index in [1.165, 1.54) is 11.3 Å². The molecule has 0 saturated heterocycles. The summed E-state index contributed by atoms with van der Waals surface area (Å²) in [4.78, 5) is 5.44. The molecule has 3 aromatic heterocycles. The zero-order chi connectivity index (χ0) is 21.1. The van der Waals surface area contributed by atoms with Crippen LogP contribution in [0.15, 0.2) is 48.5 Å². The van der Waals surface area contributed by atoms with E-state index in [-0.39, 0.29) is 0 Å². The molecule has 156 valence electrons. The van der Waals surface area contributed by atoms with Crippen LogP contribution in [0.25, 0.3) is 16.3 Å². The average Bonchev–Trinajstić information content (AvgIpc) is 3.41. The molecule has 1 unspecified atom stereocenters. The number of ether oxygens (including phenoxy) is 2. The van der Waals surface area contributed by atoms with E-state index < -0.39 is 6.23 Å². The highest BCUT2D eigenvalue weighted by Gasteiger charge is 2.15. The third kappa shape index (κ3) is 4.09. The monoisotopic (exact) mass is 425 g/mol. The maximum Gasteiger partial charge on any atom is 0.192 e. The zero-order valence-electron chi connectivity index (χ0n) is 16.7. The van der Waals surface area contributed by atoms with Gasteiger partial charge in [0.15, 0.2) is 16.5 Å². The number of fused-ring (bicyclic) bond motifs is 1. The van der Waals surface area contributed by atoms with Crippen molar-refractivity contribution >= 4 is 22.8 Å². The van der Waals surface area contributed by atoms with Gasteiger partial charge in [0, 0.05) is 12.1 Å². The predicted octanol–water partition coefficient (Wildman–Crippen LogP) is 2.88. The van der Waals surface area contributed by atoms with Gasteiger partial charge in [0.05, 0.1) is 19.1 Å². The Morgan fingerprint density at radius 2 is 2.00 bits per heavy atom. The predicted molar refractivity (Wildman–Crippen MR) is 117 cm³/mol. The summed E-state index contributed by atoms with van der Waals surface area (Å²) in [5.41, 5.74) is 8.43. The Morgan fingerprint density at radius 3 is 2.77 bits per heavy atom. The van der Waals surface area contributed by atoms with Gasteiger partial charge >= 0.3 is 0 Å². The fraction of sp³-hybridized carbons (Fsp3) is 0.238. The lowest BCUT2D eigenvalue weighted by molar-refractivity contribution is 0.140. The molecule has 1 aromatic carbocycles. The normalized spacial score (nSPS) is 12.2. The first-order valence-corrected chi connectivity index (χ1v) is 10.2. The van der Waals surface area contributed by atoms with Crippen LogP contribution in [0.4, 0.5) is 5.82 Å². The first-order valence-electron chi connectivity index (χ1n) is 9.43. The lowest BCUT2D eigenvalue weighted by Crippen LogP contribution is -2.24. The van der Waals surface area contributed by atoms with Crippen LogP contribution in [0.5, 0.6) is 10.8 Å². The van der Waals surface area contributed by atoms with Gasteiger partial charge in [0.1, 0.15) is 17.8 Å². The number of aliphatic hydroxyl groups is 1. The summed E-state index contributed by atoms with van der Waals surface area (Å²) in [6, 6.07) is 15.1. The average molecular weight is 426 g/mol. The molecule has 0 bridgehead atoms. The van der Waals surface area contributed by atoms with Crippen LogP contribution >= 0.6 is 11.3 Å². The quantitative estimate of drug-likeness (QED) is 0.373. The largest absolute Gasteiger partial charge is 0.496 e. The molecule has 0 saturated carbocycles. The van der Waals surface area contributed by atoms with Crippen molar-refractivity contribution in [2.75, 3.05) is 26.5 Å². The summed E-state index contributed by atoms with van der Waals surface area (Å²) >= 11 is 1.46. The molecule has 0 aliphatic heterocycles. The van der Waals surface area contributed by atoms with E-state index in [0.29, 0.717) is 35.8 Å². The van der Waals surface area contributed by atoms with Crippen LogP contribution in [-0.2, 0) is 6.42 Å². The molecule has 4 aromatic rings. The van der Waals surface area contributed by atoms with E-state index in [1.54, 1.807) is 30.9 Å². The molecule has 4 N–H and O–H groups in total. The molecule has 0 spiro atoms. The molecule has 4 rings (SSSR count). The van der Waals surface area contributed by atoms with Gasteiger partial charge in [-0.1, -0.05) is 29.5 Å². The number of nitrogens with one attached hydrogen (secondary N) is 1. The molecule has 0 amide bonds. The van der Waals surface area contributed by atoms with Gasteiger partial charge in [-0.25, -0.2) is 4.98 Å². The highest BCUT2D eigenvalue weighted by molar-refractivity contribution is 7.17. The second-order valence-electron chi connectivity index (χ2n) is 6.66. The third-order valence-corrected chi connectivity index (χ3v) is 5.77. The zero-order valence-corrected chi connectivity index (χ0v) is 17.5. The summed E-state index contributed by atoms with van der Waals surface area (Å²) in [6.45, 7) is 0.569. The molecular formula is C21H23N5O3S. The standard InChI is InChI=1S/C21H23N5O3S/c1-28-15-6-4-3-5-13(15)9-10-23-21(27)14-11-17(22)26-18(12-14)24-20(25-26)16-7-8-19(29-2)30-16/h3-8,11-12,21,23,27H,9-10,22H2,1-2H3. The van der Waals surface area contributed by atoms with Gasteiger partial charge in [0.2, 0.25) is 0 Å². The fourth-order valence-electron chi connectivity index (χ4n) is 3.21. The summed E-state index contributed by atoms with van der Waals surface area (Å²) in [7, 11) is 3.28. The Kier molecular flexibility index (Phi) is 5.84. The number of hydrogen-bond donors (Lipinski definition) is 3. The van der Waals surface area contributed by atoms with Gasteiger partial charge in [-0.3, -0.25) is 5.32 Å². The Hall–Kier alpha value is -3.14. The Balaban J connectivity index is 1.49. The van der Waals surface area contributed by atoms with Crippen LogP contribution in [0.3, 0.4) is 0 Å². The van der Waals surface area contributed by atoms with Gasteiger partial charge in [-0.15, -0.1) is 5.10 Å². The second-order valence-corrected chi connectivity index (χ2v) is 7.71. The van der Waals surface area contributed by atoms with Crippen molar-refractivity contribution in [1.29, 1.82) is 0 Å². The van der Waals surface area contributed by atoms with Crippen molar-refractivity contribution in [3.05, 3.63) is 59.7 Å². The number of benzene rings is 1. The van der Waals surface area contributed by atoms with Crippen LogP contribution in [0.2, 0.25) is 0 Å². The first-order chi connectivity index (χ1) is 14.6. The Labute approximate surface area is 177 Å². The van der Waals surface area contributed by atoms with E-state index >= 15 is 0 Å². The van der Waals surface area contributed by atoms with Crippen molar-refractivity contribution in [3.8, 4) is 21.5 Å².